The summed E-state index contributed by atoms with van der Waals surface area (Å²) in [4.78, 5) is 11.9. The Bertz CT molecular complexity index is 554. The second-order valence-electron chi connectivity index (χ2n) is 4.35. The Kier molecular flexibility index (Phi) is 5.15. The van der Waals surface area contributed by atoms with E-state index in [1.165, 1.54) is 5.56 Å². The maximum absolute atomic E-state index is 11.9. The lowest BCUT2D eigenvalue weighted by Crippen LogP contribution is -2.30. The molecule has 0 saturated heterocycles. The first-order valence-electron chi connectivity index (χ1n) is 6.31. The van der Waals surface area contributed by atoms with Gasteiger partial charge in [0.15, 0.2) is 6.10 Å². The van der Waals surface area contributed by atoms with E-state index in [9.17, 15) is 9.90 Å². The number of hydrogen-bond donors (Lipinski definition) is 2. The number of amides is 1. The number of aliphatic hydroxyl groups is 1. The van der Waals surface area contributed by atoms with Crippen LogP contribution in [0.3, 0.4) is 0 Å². The van der Waals surface area contributed by atoms with E-state index >= 15 is 0 Å². The SMILES string of the molecule is COc1cccc([C@@H](O)C(=O)NCCc2ccsc2)c1. The van der Waals surface area contributed by atoms with Gasteiger partial charge in [-0.05, 0) is 46.5 Å². The van der Waals surface area contributed by atoms with Crippen molar-refractivity contribution < 1.29 is 14.6 Å². The molecule has 5 heteroatoms. The van der Waals surface area contributed by atoms with Gasteiger partial charge in [0.05, 0.1) is 7.11 Å². The topological polar surface area (TPSA) is 58.6 Å². The first-order valence-corrected chi connectivity index (χ1v) is 7.26. The van der Waals surface area contributed by atoms with E-state index in [0.29, 0.717) is 17.9 Å². The van der Waals surface area contributed by atoms with E-state index in [-0.39, 0.29) is 0 Å². The molecule has 2 aromatic rings. The van der Waals surface area contributed by atoms with Crippen LogP contribution < -0.4 is 10.1 Å². The number of aliphatic hydroxyl groups excluding tert-OH is 1. The Morgan fingerprint density at radius 1 is 1.45 bits per heavy atom. The van der Waals surface area contributed by atoms with Gasteiger partial charge in [-0.2, -0.15) is 11.3 Å². The van der Waals surface area contributed by atoms with E-state index in [1.54, 1.807) is 42.7 Å². The van der Waals surface area contributed by atoms with Crippen LogP contribution in [0.1, 0.15) is 17.2 Å². The summed E-state index contributed by atoms with van der Waals surface area (Å²) in [6, 6.07) is 8.89. The van der Waals surface area contributed by atoms with Crippen LogP contribution in [0.5, 0.6) is 5.75 Å². The van der Waals surface area contributed by atoms with Crippen molar-refractivity contribution >= 4 is 17.2 Å². The molecule has 0 fully saturated rings. The molecular formula is C15H17NO3S. The number of hydrogen-bond acceptors (Lipinski definition) is 4. The Labute approximate surface area is 122 Å². The van der Waals surface area contributed by atoms with Gasteiger partial charge < -0.3 is 15.2 Å². The molecule has 2 N–H and O–H groups in total. The van der Waals surface area contributed by atoms with Crippen molar-refractivity contribution in [3.8, 4) is 5.75 Å². The van der Waals surface area contributed by atoms with Gasteiger partial charge in [-0.3, -0.25) is 4.79 Å². The Morgan fingerprint density at radius 3 is 3.00 bits per heavy atom. The van der Waals surface area contributed by atoms with Gasteiger partial charge in [0.1, 0.15) is 5.75 Å². The monoisotopic (exact) mass is 291 g/mol. The molecule has 1 aromatic carbocycles. The summed E-state index contributed by atoms with van der Waals surface area (Å²) in [6.07, 6.45) is -0.410. The molecule has 0 aliphatic heterocycles. The first-order chi connectivity index (χ1) is 9.70. The van der Waals surface area contributed by atoms with Gasteiger partial charge in [-0.15, -0.1) is 0 Å². The van der Waals surface area contributed by atoms with Crippen molar-refractivity contribution in [2.24, 2.45) is 0 Å². The molecule has 1 atom stereocenters. The summed E-state index contributed by atoms with van der Waals surface area (Å²) in [5, 5.41) is 16.8. The summed E-state index contributed by atoms with van der Waals surface area (Å²) in [5.41, 5.74) is 1.71. The normalized spacial score (nSPS) is 11.9. The number of carbonyl (C=O) groups is 1. The second-order valence-corrected chi connectivity index (χ2v) is 5.13. The van der Waals surface area contributed by atoms with E-state index in [2.05, 4.69) is 5.32 Å². The number of nitrogens with one attached hydrogen (secondary N) is 1. The molecule has 0 saturated carbocycles. The largest absolute Gasteiger partial charge is 0.497 e. The van der Waals surface area contributed by atoms with Crippen LogP contribution in [0.25, 0.3) is 0 Å². The molecule has 0 aliphatic carbocycles. The lowest BCUT2D eigenvalue weighted by Gasteiger charge is -2.12. The maximum Gasteiger partial charge on any atom is 0.253 e. The smallest absolute Gasteiger partial charge is 0.253 e. The predicted octanol–water partition coefficient (Wildman–Crippen LogP) is 2.15. The highest BCUT2D eigenvalue weighted by molar-refractivity contribution is 7.07. The Hall–Kier alpha value is -1.85. The van der Waals surface area contributed by atoms with Gasteiger partial charge in [0.2, 0.25) is 0 Å². The van der Waals surface area contributed by atoms with Crippen LogP contribution in [-0.4, -0.2) is 24.7 Å². The quantitative estimate of drug-likeness (QED) is 0.857. The number of ether oxygens (including phenoxy) is 1. The van der Waals surface area contributed by atoms with Crippen LogP contribution in [0.4, 0.5) is 0 Å². The van der Waals surface area contributed by atoms with Crippen molar-refractivity contribution in [3.63, 3.8) is 0 Å². The van der Waals surface area contributed by atoms with Crippen molar-refractivity contribution in [1.29, 1.82) is 0 Å². The van der Waals surface area contributed by atoms with Crippen LogP contribution in [0, 0.1) is 0 Å². The second kappa shape index (κ2) is 7.07. The zero-order chi connectivity index (χ0) is 14.4. The minimum Gasteiger partial charge on any atom is -0.497 e. The number of benzene rings is 1. The minimum atomic E-state index is -1.17. The molecule has 1 amide bonds. The third kappa shape index (κ3) is 3.82. The van der Waals surface area contributed by atoms with Crippen molar-refractivity contribution in [2.75, 3.05) is 13.7 Å². The first kappa shape index (κ1) is 14.6. The van der Waals surface area contributed by atoms with Crippen molar-refractivity contribution in [3.05, 3.63) is 52.2 Å². The van der Waals surface area contributed by atoms with Gasteiger partial charge in [0.25, 0.3) is 5.91 Å². The summed E-state index contributed by atoms with van der Waals surface area (Å²) < 4.78 is 5.07. The lowest BCUT2D eigenvalue weighted by atomic mass is 10.1. The van der Waals surface area contributed by atoms with Gasteiger partial charge in [-0.25, -0.2) is 0 Å². The van der Waals surface area contributed by atoms with Crippen LogP contribution in [-0.2, 0) is 11.2 Å². The Morgan fingerprint density at radius 2 is 2.30 bits per heavy atom. The summed E-state index contributed by atoms with van der Waals surface area (Å²) >= 11 is 1.63. The molecule has 4 nitrogen and oxygen atoms in total. The maximum atomic E-state index is 11.9. The highest BCUT2D eigenvalue weighted by Gasteiger charge is 2.17. The van der Waals surface area contributed by atoms with Crippen molar-refractivity contribution in [2.45, 2.75) is 12.5 Å². The lowest BCUT2D eigenvalue weighted by molar-refractivity contribution is -0.129. The average molecular weight is 291 g/mol. The fourth-order valence-corrected chi connectivity index (χ4v) is 2.53. The summed E-state index contributed by atoms with van der Waals surface area (Å²) in [6.45, 7) is 0.511. The van der Waals surface area contributed by atoms with E-state index < -0.39 is 12.0 Å². The molecule has 0 spiro atoms. The highest BCUT2D eigenvalue weighted by atomic mass is 32.1. The van der Waals surface area contributed by atoms with Crippen LogP contribution in [0.15, 0.2) is 41.1 Å². The predicted molar refractivity (Wildman–Crippen MR) is 79.0 cm³/mol. The molecule has 20 heavy (non-hydrogen) atoms. The summed E-state index contributed by atoms with van der Waals surface area (Å²) in [7, 11) is 1.55. The van der Waals surface area contributed by atoms with Crippen molar-refractivity contribution in [1.82, 2.24) is 5.32 Å². The molecule has 0 radical (unpaired) electrons. The standard InChI is InChI=1S/C15H17NO3S/c1-19-13-4-2-3-12(9-13)14(17)15(18)16-7-5-11-6-8-20-10-11/h2-4,6,8-10,14,17H,5,7H2,1H3,(H,16,18)/t14-/m1/s1. The van der Waals surface area contributed by atoms with E-state index in [1.807, 2.05) is 16.8 Å². The third-order valence-corrected chi connectivity index (χ3v) is 3.68. The molecule has 0 aliphatic rings. The fourth-order valence-electron chi connectivity index (χ4n) is 1.82. The Balaban J connectivity index is 1.87. The number of carbonyl (C=O) groups excluding carboxylic acids is 1. The molecule has 0 unspecified atom stereocenters. The summed E-state index contributed by atoms with van der Waals surface area (Å²) in [5.74, 6) is 0.223. The number of rotatable bonds is 6. The number of thiophene rings is 1. The fraction of sp³-hybridized carbons (Fsp3) is 0.267. The van der Waals surface area contributed by atoms with Gasteiger partial charge >= 0.3 is 0 Å². The van der Waals surface area contributed by atoms with Crippen LogP contribution in [0.2, 0.25) is 0 Å². The zero-order valence-corrected chi connectivity index (χ0v) is 12.0. The molecular weight excluding hydrogens is 274 g/mol. The molecule has 0 bridgehead atoms. The molecule has 1 heterocycles. The third-order valence-electron chi connectivity index (χ3n) is 2.95. The van der Waals surface area contributed by atoms with Gasteiger partial charge in [0, 0.05) is 6.54 Å². The number of methoxy groups -OCH3 is 1. The average Bonchev–Trinajstić information content (AvgIpc) is 2.99. The molecule has 106 valence electrons. The van der Waals surface area contributed by atoms with E-state index in [0.717, 1.165) is 6.42 Å². The minimum absolute atomic E-state index is 0.395. The van der Waals surface area contributed by atoms with Crippen LogP contribution >= 0.6 is 11.3 Å². The van der Waals surface area contributed by atoms with Gasteiger partial charge in [-0.1, -0.05) is 12.1 Å². The molecule has 2 rings (SSSR count). The van der Waals surface area contributed by atoms with E-state index in [4.69, 9.17) is 4.74 Å². The molecule has 1 aromatic heterocycles. The highest BCUT2D eigenvalue weighted by Crippen LogP contribution is 2.19. The zero-order valence-electron chi connectivity index (χ0n) is 11.2.